The van der Waals surface area contributed by atoms with Gasteiger partial charge in [0.25, 0.3) is 5.24 Å². The fourth-order valence-electron chi connectivity index (χ4n) is 2.13. The number of carbonyl (C=O) groups excluding carboxylic acids is 2. The van der Waals surface area contributed by atoms with Crippen molar-refractivity contribution in [2.45, 2.75) is 27.2 Å². The molecule has 1 aromatic carbocycles. The van der Waals surface area contributed by atoms with E-state index in [1.807, 2.05) is 32.0 Å². The third-order valence-corrected chi connectivity index (χ3v) is 4.01. The summed E-state index contributed by atoms with van der Waals surface area (Å²) >= 11 is 1.20. The van der Waals surface area contributed by atoms with Gasteiger partial charge in [-0.25, -0.2) is 0 Å². The normalized spacial score (nSPS) is 10.1. The summed E-state index contributed by atoms with van der Waals surface area (Å²) in [5.41, 5.74) is 2.97. The number of para-hydroxylation sites is 1. The van der Waals surface area contributed by atoms with Crippen LogP contribution in [0.3, 0.4) is 0 Å². The maximum absolute atomic E-state index is 12.3. The first-order chi connectivity index (χ1) is 10.5. The fourth-order valence-corrected chi connectivity index (χ4v) is 2.70. The van der Waals surface area contributed by atoms with Crippen molar-refractivity contribution < 1.29 is 9.59 Å². The molecule has 1 N–H and O–H groups in total. The second-order valence-corrected chi connectivity index (χ2v) is 6.09. The minimum atomic E-state index is -0.184. The van der Waals surface area contributed by atoms with E-state index in [9.17, 15) is 9.59 Å². The number of aryl methyl sites for hydroxylation is 2. The molecule has 1 aromatic rings. The summed E-state index contributed by atoms with van der Waals surface area (Å²) in [5, 5.41) is 2.84. The van der Waals surface area contributed by atoms with E-state index in [0.29, 0.717) is 12.3 Å². The molecule has 22 heavy (non-hydrogen) atoms. The molecule has 2 amide bonds. The number of benzene rings is 1. The number of rotatable bonds is 7. The Morgan fingerprint density at radius 3 is 2.68 bits per heavy atom. The standard InChI is InChI=1S/C17H24N2O2S/c1-5-11-19(17(21)22-7-3)12-15(20)18-16-13(4)9-8-10-14(16)6-2/h5,8-10H,1,6-7,11-12H2,2-4H3,(H,18,20). The first-order valence-corrected chi connectivity index (χ1v) is 8.42. The number of nitrogens with one attached hydrogen (secondary N) is 1. The molecule has 0 atom stereocenters. The van der Waals surface area contributed by atoms with E-state index in [0.717, 1.165) is 23.2 Å². The van der Waals surface area contributed by atoms with Crippen molar-refractivity contribution in [3.8, 4) is 0 Å². The summed E-state index contributed by atoms with van der Waals surface area (Å²) < 4.78 is 0. The SMILES string of the molecule is C=CCN(CC(=O)Nc1c(C)cccc1CC)C(=O)SCC. The molecule has 0 aliphatic rings. The van der Waals surface area contributed by atoms with Crippen LogP contribution in [0.1, 0.15) is 25.0 Å². The number of amides is 2. The highest BCUT2D eigenvalue weighted by Crippen LogP contribution is 2.21. The van der Waals surface area contributed by atoms with E-state index in [2.05, 4.69) is 18.8 Å². The van der Waals surface area contributed by atoms with E-state index in [-0.39, 0.29) is 17.7 Å². The molecule has 0 heterocycles. The molecule has 5 heteroatoms. The second kappa shape index (κ2) is 9.30. The van der Waals surface area contributed by atoms with Crippen LogP contribution in [0.4, 0.5) is 10.5 Å². The third-order valence-electron chi connectivity index (χ3n) is 3.21. The number of thioether (sulfide) groups is 1. The van der Waals surface area contributed by atoms with E-state index in [1.54, 1.807) is 6.08 Å². The highest BCUT2D eigenvalue weighted by atomic mass is 32.2. The summed E-state index contributed by atoms with van der Waals surface area (Å²) in [6.07, 6.45) is 2.48. The van der Waals surface area contributed by atoms with Crippen LogP contribution in [0, 0.1) is 6.92 Å². The zero-order chi connectivity index (χ0) is 16.5. The minimum Gasteiger partial charge on any atom is -0.324 e. The maximum Gasteiger partial charge on any atom is 0.282 e. The molecule has 0 saturated heterocycles. The van der Waals surface area contributed by atoms with Gasteiger partial charge < -0.3 is 10.2 Å². The Morgan fingerprint density at radius 2 is 2.09 bits per heavy atom. The summed E-state index contributed by atoms with van der Waals surface area (Å²) in [4.78, 5) is 25.8. The van der Waals surface area contributed by atoms with Gasteiger partial charge in [-0.1, -0.05) is 49.9 Å². The van der Waals surface area contributed by atoms with Gasteiger partial charge in [0.1, 0.15) is 6.54 Å². The molecular formula is C17H24N2O2S. The predicted molar refractivity (Wildman–Crippen MR) is 94.5 cm³/mol. The van der Waals surface area contributed by atoms with Gasteiger partial charge in [-0.2, -0.15) is 0 Å². The Morgan fingerprint density at radius 1 is 1.36 bits per heavy atom. The van der Waals surface area contributed by atoms with Crippen LogP contribution in [0.5, 0.6) is 0 Å². The monoisotopic (exact) mass is 320 g/mol. The van der Waals surface area contributed by atoms with E-state index >= 15 is 0 Å². The lowest BCUT2D eigenvalue weighted by molar-refractivity contribution is -0.116. The molecule has 0 aliphatic heterocycles. The lowest BCUT2D eigenvalue weighted by Crippen LogP contribution is -2.36. The van der Waals surface area contributed by atoms with Crippen LogP contribution < -0.4 is 5.32 Å². The van der Waals surface area contributed by atoms with Gasteiger partial charge in [0, 0.05) is 12.2 Å². The molecule has 0 spiro atoms. The Bertz CT molecular complexity index is 543. The summed E-state index contributed by atoms with van der Waals surface area (Å²) in [6.45, 7) is 9.98. The van der Waals surface area contributed by atoms with Crippen molar-refractivity contribution >= 4 is 28.6 Å². The topological polar surface area (TPSA) is 49.4 Å². The van der Waals surface area contributed by atoms with E-state index < -0.39 is 0 Å². The molecule has 120 valence electrons. The van der Waals surface area contributed by atoms with Gasteiger partial charge in [0.15, 0.2) is 0 Å². The number of hydrogen-bond donors (Lipinski definition) is 1. The van der Waals surface area contributed by atoms with Gasteiger partial charge in [-0.15, -0.1) is 6.58 Å². The first-order valence-electron chi connectivity index (χ1n) is 7.44. The number of nitrogens with zero attached hydrogens (tertiary/aromatic N) is 1. The molecule has 0 unspecified atom stereocenters. The van der Waals surface area contributed by atoms with Gasteiger partial charge in [-0.05, 0) is 30.2 Å². The molecule has 0 radical (unpaired) electrons. The Balaban J connectivity index is 2.79. The smallest absolute Gasteiger partial charge is 0.282 e. The second-order valence-electron chi connectivity index (χ2n) is 4.88. The largest absolute Gasteiger partial charge is 0.324 e. The molecule has 1 rings (SSSR count). The zero-order valence-corrected chi connectivity index (χ0v) is 14.3. The Kier molecular flexibility index (Phi) is 7.74. The summed E-state index contributed by atoms with van der Waals surface area (Å²) in [5.74, 6) is 0.502. The van der Waals surface area contributed by atoms with E-state index in [1.165, 1.54) is 16.7 Å². The van der Waals surface area contributed by atoms with Crippen molar-refractivity contribution in [3.63, 3.8) is 0 Å². The van der Waals surface area contributed by atoms with Crippen molar-refractivity contribution in [2.24, 2.45) is 0 Å². The molecule has 0 bridgehead atoms. The lowest BCUT2D eigenvalue weighted by Gasteiger charge is -2.20. The van der Waals surface area contributed by atoms with Crippen LogP contribution in [0.2, 0.25) is 0 Å². The average molecular weight is 320 g/mol. The lowest BCUT2D eigenvalue weighted by atomic mass is 10.1. The Hall–Kier alpha value is -1.75. The molecule has 0 aromatic heterocycles. The summed E-state index contributed by atoms with van der Waals surface area (Å²) in [6, 6.07) is 5.95. The van der Waals surface area contributed by atoms with Crippen LogP contribution in [0.15, 0.2) is 30.9 Å². The van der Waals surface area contributed by atoms with Crippen LogP contribution in [0.25, 0.3) is 0 Å². The van der Waals surface area contributed by atoms with Crippen LogP contribution in [-0.4, -0.2) is 34.9 Å². The molecule has 4 nitrogen and oxygen atoms in total. The highest BCUT2D eigenvalue weighted by molar-refractivity contribution is 8.13. The minimum absolute atomic E-state index is 0.0370. The van der Waals surface area contributed by atoms with Crippen molar-refractivity contribution in [1.82, 2.24) is 4.90 Å². The highest BCUT2D eigenvalue weighted by Gasteiger charge is 2.17. The maximum atomic E-state index is 12.3. The quantitative estimate of drug-likeness (QED) is 0.776. The molecular weight excluding hydrogens is 296 g/mol. The average Bonchev–Trinajstić information content (AvgIpc) is 2.49. The number of anilines is 1. The van der Waals surface area contributed by atoms with Crippen molar-refractivity contribution in [3.05, 3.63) is 42.0 Å². The fraction of sp³-hybridized carbons (Fsp3) is 0.412. The van der Waals surface area contributed by atoms with Crippen molar-refractivity contribution in [2.75, 3.05) is 24.2 Å². The molecule has 0 fully saturated rings. The number of hydrogen-bond acceptors (Lipinski definition) is 3. The number of carbonyl (C=O) groups is 2. The van der Waals surface area contributed by atoms with Crippen LogP contribution in [-0.2, 0) is 11.2 Å². The zero-order valence-electron chi connectivity index (χ0n) is 13.5. The Labute approximate surface area is 137 Å². The van der Waals surface area contributed by atoms with Crippen molar-refractivity contribution in [1.29, 1.82) is 0 Å². The van der Waals surface area contributed by atoms with Gasteiger partial charge in [0.05, 0.1) is 0 Å². The molecule has 0 saturated carbocycles. The van der Waals surface area contributed by atoms with Gasteiger partial charge in [-0.3, -0.25) is 9.59 Å². The predicted octanol–water partition coefficient (Wildman–Crippen LogP) is 3.86. The third kappa shape index (κ3) is 5.22. The molecule has 0 aliphatic carbocycles. The van der Waals surface area contributed by atoms with Crippen LogP contribution >= 0.6 is 11.8 Å². The summed E-state index contributed by atoms with van der Waals surface area (Å²) in [7, 11) is 0. The first kappa shape index (κ1) is 18.3. The van der Waals surface area contributed by atoms with Gasteiger partial charge in [0.2, 0.25) is 5.91 Å². The van der Waals surface area contributed by atoms with Gasteiger partial charge >= 0.3 is 0 Å². The van der Waals surface area contributed by atoms with E-state index in [4.69, 9.17) is 0 Å².